The van der Waals surface area contributed by atoms with E-state index in [9.17, 15) is 0 Å². The molecule has 0 saturated heterocycles. The van der Waals surface area contributed by atoms with Crippen LogP contribution in [0.4, 0.5) is 0 Å². The quantitative estimate of drug-likeness (QED) is 0.408. The molecule has 0 aliphatic heterocycles. The summed E-state index contributed by atoms with van der Waals surface area (Å²) in [5.41, 5.74) is 1.67. The van der Waals surface area contributed by atoms with E-state index in [-0.39, 0.29) is 37.2 Å². The molecule has 0 N–H and O–H groups in total. The molecule has 1 aliphatic carbocycles. The van der Waals surface area contributed by atoms with Crippen LogP contribution in [0.2, 0.25) is 12.6 Å². The standard InChI is InChI=1S/C18H25Si.3ClH.Ti/c1-4-6-15-19(3,17-12-8-7-9-13-17)18-14-10-11-16(18)5-2;;;;/h7-9,12-14H,4-6,10,15H2,1-3H3;3*1H;/q;;;;+3/p-3. The van der Waals surface area contributed by atoms with Crippen LogP contribution in [-0.2, 0) is 20.4 Å². The molecule has 0 heterocycles. The van der Waals surface area contributed by atoms with E-state index in [0.717, 1.165) is 0 Å². The first-order chi connectivity index (χ1) is 9.63. The predicted molar refractivity (Wildman–Crippen MR) is 87.4 cm³/mol. The van der Waals surface area contributed by atoms with Gasteiger partial charge in [-0.15, -0.1) is 0 Å². The van der Waals surface area contributed by atoms with Gasteiger partial charge in [0.05, 0.1) is 0 Å². The summed E-state index contributed by atoms with van der Waals surface area (Å²) in [6, 6.07) is 12.7. The molecule has 0 saturated carbocycles. The molecule has 23 heavy (non-hydrogen) atoms. The summed E-state index contributed by atoms with van der Waals surface area (Å²) in [4.78, 5) is 0. The Morgan fingerprint density at radius 2 is 1.65 bits per heavy atom. The zero-order chi connectivity index (χ0) is 14.6. The van der Waals surface area contributed by atoms with Gasteiger partial charge in [-0.2, -0.15) is 0 Å². The number of rotatable bonds is 6. The molecule has 0 spiro atoms. The number of hydrogen-bond donors (Lipinski definition) is 0. The molecular formula is C18H25Cl3SiTi. The maximum atomic E-state index is 2.58. The van der Waals surface area contributed by atoms with Crippen LogP contribution < -0.4 is 42.4 Å². The van der Waals surface area contributed by atoms with Crippen molar-refractivity contribution in [3.63, 3.8) is 0 Å². The molecule has 1 unspecified atom stereocenters. The van der Waals surface area contributed by atoms with E-state index in [4.69, 9.17) is 0 Å². The van der Waals surface area contributed by atoms with E-state index in [1.165, 1.54) is 31.7 Å². The summed E-state index contributed by atoms with van der Waals surface area (Å²) in [6.45, 7) is 7.21. The van der Waals surface area contributed by atoms with Crippen molar-refractivity contribution in [2.24, 2.45) is 0 Å². The Bertz CT molecular complexity index is 528. The van der Waals surface area contributed by atoms with Crippen LogP contribution in [0, 0.1) is 0 Å². The monoisotopic (exact) mass is 422 g/mol. The van der Waals surface area contributed by atoms with Gasteiger partial charge in [0.25, 0.3) is 0 Å². The number of benzene rings is 1. The van der Waals surface area contributed by atoms with Crippen molar-refractivity contribution in [1.29, 1.82) is 0 Å². The predicted octanol–water partition coefficient (Wildman–Crippen LogP) is -4.14. The third-order valence-electron chi connectivity index (χ3n) is 4.59. The topological polar surface area (TPSA) is 0 Å². The molecule has 1 aromatic carbocycles. The fourth-order valence-electron chi connectivity index (χ4n) is 3.35. The van der Waals surface area contributed by atoms with E-state index in [1.54, 1.807) is 19.8 Å². The van der Waals surface area contributed by atoms with Gasteiger partial charge in [0, 0.05) is 0 Å². The van der Waals surface area contributed by atoms with Crippen LogP contribution in [0.5, 0.6) is 0 Å². The Kier molecular flexibility index (Phi) is 13.4. The summed E-state index contributed by atoms with van der Waals surface area (Å²) in [7, 11) is -1.54. The summed E-state index contributed by atoms with van der Waals surface area (Å²) >= 11 is 2.32. The molecule has 0 nitrogen and oxygen atoms in total. The third kappa shape index (κ3) is 5.77. The largest absolute Gasteiger partial charge is 1.00 e. The summed E-state index contributed by atoms with van der Waals surface area (Å²) in [5.74, 6) is 0. The van der Waals surface area contributed by atoms with Crippen molar-refractivity contribution in [2.45, 2.75) is 52.1 Å². The molecule has 0 amide bonds. The van der Waals surface area contributed by atoms with Crippen molar-refractivity contribution < 1.29 is 57.7 Å². The van der Waals surface area contributed by atoms with Gasteiger partial charge in [-0.3, -0.25) is 0 Å². The number of unbranched alkanes of at least 4 members (excludes halogenated alkanes) is 1. The van der Waals surface area contributed by atoms with Gasteiger partial charge in [0.15, 0.2) is 0 Å². The van der Waals surface area contributed by atoms with Crippen molar-refractivity contribution >= 4 is 13.3 Å². The minimum Gasteiger partial charge on any atom is -1.00 e. The molecule has 126 valence electrons. The van der Waals surface area contributed by atoms with Crippen LogP contribution in [0.15, 0.2) is 51.1 Å². The molecule has 0 radical (unpaired) electrons. The average Bonchev–Trinajstić information content (AvgIpc) is 2.87. The van der Waals surface area contributed by atoms with Gasteiger partial charge >= 0.3 is 137 Å². The van der Waals surface area contributed by atoms with Crippen molar-refractivity contribution in [3.8, 4) is 0 Å². The second-order valence-corrected chi connectivity index (χ2v) is 11.2. The van der Waals surface area contributed by atoms with E-state index in [1.807, 2.05) is 0 Å². The van der Waals surface area contributed by atoms with Crippen LogP contribution in [0.25, 0.3) is 0 Å². The molecule has 1 aliphatic rings. The van der Waals surface area contributed by atoms with Crippen molar-refractivity contribution in [3.05, 3.63) is 51.1 Å². The van der Waals surface area contributed by atoms with Crippen LogP contribution in [0.1, 0.15) is 39.5 Å². The minimum absolute atomic E-state index is 0. The van der Waals surface area contributed by atoms with Crippen LogP contribution >= 0.6 is 0 Å². The van der Waals surface area contributed by atoms with Gasteiger partial charge in [-0.05, 0) is 0 Å². The second kappa shape index (κ2) is 12.0. The maximum Gasteiger partial charge on any atom is -1.00 e. The second-order valence-electron chi connectivity index (χ2n) is 5.93. The zero-order valence-electron chi connectivity index (χ0n) is 14.1. The van der Waals surface area contributed by atoms with Gasteiger partial charge in [0.2, 0.25) is 0 Å². The third-order valence-corrected chi connectivity index (χ3v) is 10.0. The van der Waals surface area contributed by atoms with E-state index >= 15 is 0 Å². The Labute approximate surface area is 173 Å². The molecule has 2 rings (SSSR count). The summed E-state index contributed by atoms with van der Waals surface area (Å²) < 4.78 is 1.61. The smallest absolute Gasteiger partial charge is 1.00 e. The molecule has 1 aromatic rings. The molecule has 0 bridgehead atoms. The van der Waals surface area contributed by atoms with Crippen LogP contribution in [0.3, 0.4) is 0 Å². The Hall–Kier alpha value is 0.501. The summed E-state index contributed by atoms with van der Waals surface area (Å²) in [5, 5.41) is 3.34. The first kappa shape index (κ1) is 25.7. The van der Waals surface area contributed by atoms with Crippen molar-refractivity contribution in [1.82, 2.24) is 0 Å². The first-order valence-electron chi connectivity index (χ1n) is 7.83. The van der Waals surface area contributed by atoms with Gasteiger partial charge < -0.3 is 37.2 Å². The Balaban J connectivity index is 0. The molecule has 1 atom stereocenters. The number of hydrogen-bond acceptors (Lipinski definition) is 0. The SMILES string of the molecule is CCCC[Si](C)(C1=CC[C]([Ti+3])=C1CC)c1ccccc1.[Cl-].[Cl-].[Cl-]. The first-order valence-corrected chi connectivity index (χ1v) is 11.3. The number of halogens is 3. The van der Waals surface area contributed by atoms with E-state index in [0.29, 0.717) is 0 Å². The molecule has 0 aromatic heterocycles. The molecule has 0 fully saturated rings. The Morgan fingerprint density at radius 1 is 1.04 bits per heavy atom. The normalized spacial score (nSPS) is 15.8. The molecule has 5 heteroatoms. The van der Waals surface area contributed by atoms with E-state index in [2.05, 4.69) is 77.2 Å². The van der Waals surface area contributed by atoms with Crippen LogP contribution in [-0.4, -0.2) is 8.07 Å². The minimum atomic E-state index is -1.54. The van der Waals surface area contributed by atoms with Gasteiger partial charge in [-0.1, -0.05) is 0 Å². The van der Waals surface area contributed by atoms with Crippen molar-refractivity contribution in [2.75, 3.05) is 0 Å². The maximum absolute atomic E-state index is 2.58. The average molecular weight is 424 g/mol. The molecular weight excluding hydrogens is 399 g/mol. The Morgan fingerprint density at radius 3 is 2.17 bits per heavy atom. The summed E-state index contributed by atoms with van der Waals surface area (Å²) in [6.07, 6.45) is 7.57. The van der Waals surface area contributed by atoms with Gasteiger partial charge in [0.1, 0.15) is 0 Å². The fraction of sp³-hybridized carbons (Fsp3) is 0.444. The zero-order valence-corrected chi connectivity index (χ0v) is 19.0. The van der Waals surface area contributed by atoms with Gasteiger partial charge in [-0.25, -0.2) is 0 Å². The van der Waals surface area contributed by atoms with E-state index < -0.39 is 8.07 Å². The number of allylic oxidation sites excluding steroid dienone is 4. The fourth-order valence-corrected chi connectivity index (χ4v) is 8.59.